The van der Waals surface area contributed by atoms with Gasteiger partial charge in [-0.1, -0.05) is 30.3 Å². The zero-order valence-corrected chi connectivity index (χ0v) is 13.2. The van der Waals surface area contributed by atoms with Crippen molar-refractivity contribution in [3.8, 4) is 0 Å². The van der Waals surface area contributed by atoms with E-state index in [2.05, 4.69) is 0 Å². The third kappa shape index (κ3) is 5.30. The molecule has 0 radical (unpaired) electrons. The van der Waals surface area contributed by atoms with Gasteiger partial charge in [-0.05, 0) is 43.6 Å². The Morgan fingerprint density at radius 2 is 1.74 bits per heavy atom. The number of aliphatic hydroxyl groups excluding tert-OH is 3. The summed E-state index contributed by atoms with van der Waals surface area (Å²) in [5, 5.41) is 39.0. The highest BCUT2D eigenvalue weighted by atomic mass is 16.4. The van der Waals surface area contributed by atoms with Crippen LogP contribution in [0.15, 0.2) is 30.3 Å². The molecule has 5 nitrogen and oxygen atoms in total. The molecule has 1 aliphatic rings. The first-order valence-electron chi connectivity index (χ1n) is 8.27. The van der Waals surface area contributed by atoms with Crippen molar-refractivity contribution in [2.24, 2.45) is 11.8 Å². The Morgan fingerprint density at radius 1 is 1.09 bits per heavy atom. The van der Waals surface area contributed by atoms with Crippen LogP contribution in [0.25, 0.3) is 0 Å². The SMILES string of the molecule is O=C(O)CC1C(O)CC(O)C1CCC(O)CCc1ccccc1. The molecule has 1 fully saturated rings. The van der Waals surface area contributed by atoms with Gasteiger partial charge in [-0.25, -0.2) is 0 Å². The minimum atomic E-state index is -0.960. The summed E-state index contributed by atoms with van der Waals surface area (Å²) in [6.45, 7) is 0. The Kier molecular flexibility index (Phi) is 6.57. The lowest BCUT2D eigenvalue weighted by Gasteiger charge is -2.23. The summed E-state index contributed by atoms with van der Waals surface area (Å²) in [5.74, 6) is -1.64. The summed E-state index contributed by atoms with van der Waals surface area (Å²) in [6.07, 6.45) is 0.624. The Bertz CT molecular complexity index is 489. The summed E-state index contributed by atoms with van der Waals surface area (Å²) < 4.78 is 0. The highest BCUT2D eigenvalue weighted by Gasteiger charge is 2.42. The normalized spacial score (nSPS) is 28.7. The van der Waals surface area contributed by atoms with Gasteiger partial charge in [0.05, 0.1) is 24.7 Å². The van der Waals surface area contributed by atoms with Crippen LogP contribution in [0.1, 0.15) is 37.7 Å². The molecular weight excluding hydrogens is 296 g/mol. The maximum atomic E-state index is 10.9. The van der Waals surface area contributed by atoms with Gasteiger partial charge >= 0.3 is 5.97 Å². The van der Waals surface area contributed by atoms with E-state index in [0.29, 0.717) is 19.3 Å². The average molecular weight is 322 g/mol. The molecule has 1 saturated carbocycles. The molecule has 1 aromatic rings. The van der Waals surface area contributed by atoms with Gasteiger partial charge < -0.3 is 20.4 Å². The highest BCUT2D eigenvalue weighted by Crippen LogP contribution is 2.38. The zero-order chi connectivity index (χ0) is 16.8. The molecule has 0 aromatic heterocycles. The van der Waals surface area contributed by atoms with Crippen LogP contribution in [-0.4, -0.2) is 44.7 Å². The summed E-state index contributed by atoms with van der Waals surface area (Å²) in [6, 6.07) is 9.93. The monoisotopic (exact) mass is 322 g/mol. The molecule has 2 rings (SSSR count). The van der Waals surface area contributed by atoms with Gasteiger partial charge in [0.2, 0.25) is 0 Å². The van der Waals surface area contributed by atoms with Crippen LogP contribution in [0, 0.1) is 11.8 Å². The first kappa shape index (κ1) is 17.9. The molecule has 0 spiro atoms. The van der Waals surface area contributed by atoms with Gasteiger partial charge in [0, 0.05) is 5.92 Å². The number of hydrogen-bond acceptors (Lipinski definition) is 4. The Labute approximate surface area is 136 Å². The van der Waals surface area contributed by atoms with Crippen molar-refractivity contribution in [3.05, 3.63) is 35.9 Å². The van der Waals surface area contributed by atoms with Gasteiger partial charge in [-0.2, -0.15) is 0 Å². The number of carbonyl (C=O) groups is 1. The van der Waals surface area contributed by atoms with Crippen LogP contribution in [0.3, 0.4) is 0 Å². The van der Waals surface area contributed by atoms with E-state index in [1.807, 2.05) is 30.3 Å². The Morgan fingerprint density at radius 3 is 2.39 bits per heavy atom. The zero-order valence-electron chi connectivity index (χ0n) is 13.2. The topological polar surface area (TPSA) is 98.0 Å². The first-order valence-corrected chi connectivity index (χ1v) is 8.27. The smallest absolute Gasteiger partial charge is 0.303 e. The fourth-order valence-electron chi connectivity index (χ4n) is 3.57. The molecule has 5 heteroatoms. The summed E-state index contributed by atoms with van der Waals surface area (Å²) in [4.78, 5) is 10.9. The molecule has 1 aliphatic carbocycles. The van der Waals surface area contributed by atoms with Crippen LogP contribution in [0.4, 0.5) is 0 Å². The maximum absolute atomic E-state index is 10.9. The van der Waals surface area contributed by atoms with Gasteiger partial charge in [0.1, 0.15) is 0 Å². The Balaban J connectivity index is 1.79. The number of benzene rings is 1. The lowest BCUT2D eigenvalue weighted by Crippen LogP contribution is -2.26. The Hall–Kier alpha value is -1.43. The molecule has 5 atom stereocenters. The van der Waals surface area contributed by atoms with Crippen LogP contribution in [-0.2, 0) is 11.2 Å². The lowest BCUT2D eigenvalue weighted by atomic mass is 9.86. The molecule has 0 saturated heterocycles. The largest absolute Gasteiger partial charge is 0.481 e. The van der Waals surface area contributed by atoms with Crippen molar-refractivity contribution in [2.45, 2.75) is 56.8 Å². The van der Waals surface area contributed by atoms with Crippen molar-refractivity contribution >= 4 is 5.97 Å². The van der Waals surface area contributed by atoms with Gasteiger partial charge in [-0.3, -0.25) is 4.79 Å². The molecular formula is C18H26O5. The predicted octanol–water partition coefficient (Wildman–Crippen LogP) is 1.59. The third-order valence-electron chi connectivity index (χ3n) is 4.87. The van der Waals surface area contributed by atoms with E-state index >= 15 is 0 Å². The fraction of sp³-hybridized carbons (Fsp3) is 0.611. The van der Waals surface area contributed by atoms with E-state index in [9.17, 15) is 20.1 Å². The molecule has 0 heterocycles. The quantitative estimate of drug-likeness (QED) is 0.583. The summed E-state index contributed by atoms with van der Waals surface area (Å²) >= 11 is 0. The van der Waals surface area contributed by atoms with Gasteiger partial charge in [0.25, 0.3) is 0 Å². The molecule has 1 aromatic carbocycles. The van der Waals surface area contributed by atoms with Crippen LogP contribution in [0.5, 0.6) is 0 Å². The van der Waals surface area contributed by atoms with Crippen molar-refractivity contribution in [3.63, 3.8) is 0 Å². The number of aliphatic hydroxyl groups is 3. The second-order valence-corrected chi connectivity index (χ2v) is 6.55. The lowest BCUT2D eigenvalue weighted by molar-refractivity contribution is -0.139. The van der Waals surface area contributed by atoms with Crippen molar-refractivity contribution in [2.75, 3.05) is 0 Å². The third-order valence-corrected chi connectivity index (χ3v) is 4.87. The maximum Gasteiger partial charge on any atom is 0.303 e. The van der Waals surface area contributed by atoms with E-state index in [-0.39, 0.29) is 18.8 Å². The molecule has 0 amide bonds. The standard InChI is InChI=1S/C18H26O5/c19-13(7-6-12-4-2-1-3-5-12)8-9-14-15(10-18(22)23)17(21)11-16(14)20/h1-5,13-17,19-21H,6-11H2,(H,22,23). The van der Waals surface area contributed by atoms with Gasteiger partial charge in [-0.15, -0.1) is 0 Å². The second-order valence-electron chi connectivity index (χ2n) is 6.55. The summed E-state index contributed by atoms with van der Waals surface area (Å²) in [5.41, 5.74) is 1.17. The van der Waals surface area contributed by atoms with Gasteiger partial charge in [0.15, 0.2) is 0 Å². The number of hydrogen-bond donors (Lipinski definition) is 4. The molecule has 0 aliphatic heterocycles. The van der Waals surface area contributed by atoms with E-state index in [0.717, 1.165) is 6.42 Å². The van der Waals surface area contributed by atoms with Crippen LogP contribution < -0.4 is 0 Å². The molecule has 4 N–H and O–H groups in total. The van der Waals surface area contributed by atoms with E-state index in [1.54, 1.807) is 0 Å². The number of rotatable bonds is 8. The van der Waals surface area contributed by atoms with E-state index < -0.39 is 30.2 Å². The minimum Gasteiger partial charge on any atom is -0.481 e. The molecule has 128 valence electrons. The number of carboxylic acids is 1. The van der Waals surface area contributed by atoms with E-state index in [4.69, 9.17) is 5.11 Å². The average Bonchev–Trinajstić information content (AvgIpc) is 2.77. The first-order chi connectivity index (χ1) is 11.0. The fourth-order valence-corrected chi connectivity index (χ4v) is 3.57. The number of aryl methyl sites for hydroxylation is 1. The number of aliphatic carboxylic acids is 1. The summed E-state index contributed by atoms with van der Waals surface area (Å²) in [7, 11) is 0. The van der Waals surface area contributed by atoms with Crippen LogP contribution in [0.2, 0.25) is 0 Å². The predicted molar refractivity (Wildman–Crippen MR) is 85.9 cm³/mol. The highest BCUT2D eigenvalue weighted by molar-refractivity contribution is 5.67. The van der Waals surface area contributed by atoms with Crippen molar-refractivity contribution < 1.29 is 25.2 Å². The van der Waals surface area contributed by atoms with Crippen molar-refractivity contribution in [1.82, 2.24) is 0 Å². The number of carboxylic acid groups (broad SMARTS) is 1. The van der Waals surface area contributed by atoms with Crippen molar-refractivity contribution in [1.29, 1.82) is 0 Å². The second kappa shape index (κ2) is 8.43. The molecule has 0 bridgehead atoms. The van der Waals surface area contributed by atoms with Crippen LogP contribution >= 0.6 is 0 Å². The molecule has 5 unspecified atom stereocenters. The van der Waals surface area contributed by atoms with E-state index in [1.165, 1.54) is 5.56 Å². The minimum absolute atomic E-state index is 0.136. The molecule has 23 heavy (non-hydrogen) atoms.